The molecule has 4 nitrogen and oxygen atoms in total. The lowest BCUT2D eigenvalue weighted by molar-refractivity contribution is -0.129. The molecule has 1 aromatic carbocycles. The van der Waals surface area contributed by atoms with Crippen LogP contribution in [0, 0.1) is 12.8 Å². The average molecular weight is 314 g/mol. The van der Waals surface area contributed by atoms with Gasteiger partial charge < -0.3 is 10.1 Å². The van der Waals surface area contributed by atoms with Crippen LogP contribution in [-0.2, 0) is 16.1 Å². The number of nitrogens with one attached hydrogen (secondary N) is 1. The zero-order valence-electron chi connectivity index (χ0n) is 13.8. The predicted molar refractivity (Wildman–Crippen MR) is 89.0 cm³/mol. The molecule has 0 unspecified atom stereocenters. The van der Waals surface area contributed by atoms with E-state index in [-0.39, 0.29) is 24.0 Å². The van der Waals surface area contributed by atoms with Crippen molar-refractivity contribution in [2.24, 2.45) is 5.92 Å². The van der Waals surface area contributed by atoms with Gasteiger partial charge >= 0.3 is 0 Å². The second-order valence-electron chi connectivity index (χ2n) is 7.40. The standard InChI is InChI=1S/C19H26N2O2/c1-13-5-2-3-6-14(13)10-21-11-16-9-17(18(12-21)23-16)19(22)20-15-7-4-8-15/h2-3,5-6,15-18H,4,7-12H2,1H3,(H,20,22)/t16-,17+,18-/m1/s1. The molecule has 0 spiro atoms. The molecule has 1 saturated carbocycles. The Labute approximate surface area is 138 Å². The van der Waals surface area contributed by atoms with Crippen LogP contribution in [0.2, 0.25) is 0 Å². The van der Waals surface area contributed by atoms with Crippen molar-refractivity contribution in [3.05, 3.63) is 35.4 Å². The minimum atomic E-state index is 0.0440. The van der Waals surface area contributed by atoms with Crippen molar-refractivity contribution >= 4 is 5.91 Å². The third-order valence-electron chi connectivity index (χ3n) is 5.68. The maximum absolute atomic E-state index is 12.5. The Balaban J connectivity index is 1.38. The molecule has 2 aliphatic heterocycles. The molecule has 3 aliphatic rings. The Kier molecular flexibility index (Phi) is 4.12. The number of hydrogen-bond acceptors (Lipinski definition) is 3. The third kappa shape index (κ3) is 3.15. The van der Waals surface area contributed by atoms with Gasteiger partial charge in [-0.2, -0.15) is 0 Å². The molecule has 124 valence electrons. The molecule has 2 bridgehead atoms. The fourth-order valence-electron chi connectivity index (χ4n) is 4.03. The number of carbonyl (C=O) groups excluding carboxylic acids is 1. The van der Waals surface area contributed by atoms with Crippen LogP contribution in [0.1, 0.15) is 36.8 Å². The van der Waals surface area contributed by atoms with Gasteiger partial charge in [-0.25, -0.2) is 0 Å². The van der Waals surface area contributed by atoms with Crippen LogP contribution in [0.5, 0.6) is 0 Å². The predicted octanol–water partition coefficient (Wildman–Crippen LogP) is 2.25. The minimum Gasteiger partial charge on any atom is -0.371 e. The van der Waals surface area contributed by atoms with Crippen molar-refractivity contribution in [1.29, 1.82) is 0 Å². The quantitative estimate of drug-likeness (QED) is 0.927. The van der Waals surface area contributed by atoms with Gasteiger partial charge in [0.2, 0.25) is 5.91 Å². The molecule has 3 fully saturated rings. The molecule has 0 radical (unpaired) electrons. The first kappa shape index (κ1) is 15.2. The summed E-state index contributed by atoms with van der Waals surface area (Å²) in [5.41, 5.74) is 2.72. The van der Waals surface area contributed by atoms with Crippen molar-refractivity contribution in [3.63, 3.8) is 0 Å². The molecule has 2 heterocycles. The molecule has 23 heavy (non-hydrogen) atoms. The summed E-state index contributed by atoms with van der Waals surface area (Å²) >= 11 is 0. The molecule has 3 atom stereocenters. The number of hydrogen-bond donors (Lipinski definition) is 1. The van der Waals surface area contributed by atoms with Gasteiger partial charge in [0, 0.05) is 25.7 Å². The van der Waals surface area contributed by atoms with Crippen LogP contribution >= 0.6 is 0 Å². The van der Waals surface area contributed by atoms with Crippen LogP contribution in [0.25, 0.3) is 0 Å². The van der Waals surface area contributed by atoms with Gasteiger partial charge in [0.05, 0.1) is 18.1 Å². The lowest BCUT2D eigenvalue weighted by Gasteiger charge is -2.33. The first-order valence-electron chi connectivity index (χ1n) is 8.92. The van der Waals surface area contributed by atoms with Gasteiger partial charge in [0.25, 0.3) is 0 Å². The zero-order valence-corrected chi connectivity index (χ0v) is 13.8. The second kappa shape index (κ2) is 6.25. The molecule has 2 saturated heterocycles. The monoisotopic (exact) mass is 314 g/mol. The Bertz CT molecular complexity index is 584. The first-order chi connectivity index (χ1) is 11.2. The summed E-state index contributed by atoms with van der Waals surface area (Å²) < 4.78 is 6.06. The SMILES string of the molecule is Cc1ccccc1CN1C[C@H]2C[C@H](C(=O)NC3CCC3)[C@@H](C1)O2. The van der Waals surface area contributed by atoms with Crippen LogP contribution in [-0.4, -0.2) is 42.1 Å². The number of likely N-dealkylation sites (tertiary alicyclic amines) is 1. The lowest BCUT2D eigenvalue weighted by atomic mass is 9.91. The van der Waals surface area contributed by atoms with Gasteiger partial charge in [0.1, 0.15) is 0 Å². The van der Waals surface area contributed by atoms with E-state index in [1.54, 1.807) is 0 Å². The van der Waals surface area contributed by atoms with Crippen molar-refractivity contribution < 1.29 is 9.53 Å². The molecule has 1 N–H and O–H groups in total. The molecule has 4 rings (SSSR count). The van der Waals surface area contributed by atoms with Crippen LogP contribution in [0.15, 0.2) is 24.3 Å². The highest BCUT2D eigenvalue weighted by Gasteiger charge is 2.45. The fourth-order valence-corrected chi connectivity index (χ4v) is 4.03. The van der Waals surface area contributed by atoms with E-state index >= 15 is 0 Å². The zero-order chi connectivity index (χ0) is 15.8. The highest BCUT2D eigenvalue weighted by Crippen LogP contribution is 2.33. The number of morpholine rings is 1. The minimum absolute atomic E-state index is 0.0440. The molecular weight excluding hydrogens is 288 g/mol. The van der Waals surface area contributed by atoms with E-state index < -0.39 is 0 Å². The van der Waals surface area contributed by atoms with E-state index in [1.165, 1.54) is 17.5 Å². The number of carbonyl (C=O) groups is 1. The van der Waals surface area contributed by atoms with E-state index in [9.17, 15) is 4.79 Å². The number of rotatable bonds is 4. The van der Waals surface area contributed by atoms with Crippen molar-refractivity contribution in [2.45, 2.75) is 57.4 Å². The molecule has 1 aromatic rings. The maximum atomic E-state index is 12.5. The van der Waals surface area contributed by atoms with Crippen molar-refractivity contribution in [2.75, 3.05) is 13.1 Å². The normalized spacial score (nSPS) is 30.9. The Hall–Kier alpha value is -1.39. The first-order valence-corrected chi connectivity index (χ1v) is 8.92. The lowest BCUT2D eigenvalue weighted by Crippen LogP contribution is -2.47. The Morgan fingerprint density at radius 1 is 1.30 bits per heavy atom. The second-order valence-corrected chi connectivity index (χ2v) is 7.40. The molecular formula is C19H26N2O2. The van der Waals surface area contributed by atoms with E-state index in [0.29, 0.717) is 6.04 Å². The summed E-state index contributed by atoms with van der Waals surface area (Å²) in [5.74, 6) is 0.266. The van der Waals surface area contributed by atoms with Crippen LogP contribution in [0.3, 0.4) is 0 Å². The summed E-state index contributed by atoms with van der Waals surface area (Å²) in [6.45, 7) is 4.94. The van der Waals surface area contributed by atoms with Gasteiger partial charge in [-0.1, -0.05) is 24.3 Å². The summed E-state index contributed by atoms with van der Waals surface area (Å²) in [6.07, 6.45) is 4.71. The number of ether oxygens (including phenoxy) is 1. The fraction of sp³-hybridized carbons (Fsp3) is 0.632. The summed E-state index contributed by atoms with van der Waals surface area (Å²) in [7, 11) is 0. The largest absolute Gasteiger partial charge is 0.371 e. The molecule has 1 amide bonds. The van der Waals surface area contributed by atoms with Crippen LogP contribution < -0.4 is 5.32 Å². The number of amides is 1. The number of fused-ring (bicyclic) bond motifs is 2. The van der Waals surface area contributed by atoms with Crippen molar-refractivity contribution in [1.82, 2.24) is 10.2 Å². The van der Waals surface area contributed by atoms with Gasteiger partial charge in [-0.3, -0.25) is 9.69 Å². The molecule has 4 heteroatoms. The third-order valence-corrected chi connectivity index (χ3v) is 5.68. The Morgan fingerprint density at radius 3 is 2.87 bits per heavy atom. The Morgan fingerprint density at radius 2 is 2.13 bits per heavy atom. The van der Waals surface area contributed by atoms with Gasteiger partial charge in [0.15, 0.2) is 0 Å². The topological polar surface area (TPSA) is 41.6 Å². The van der Waals surface area contributed by atoms with Gasteiger partial charge in [-0.15, -0.1) is 0 Å². The summed E-state index contributed by atoms with van der Waals surface area (Å²) in [4.78, 5) is 15.0. The summed E-state index contributed by atoms with van der Waals surface area (Å²) in [5, 5.41) is 3.21. The van der Waals surface area contributed by atoms with E-state index in [0.717, 1.165) is 38.9 Å². The molecule has 1 aliphatic carbocycles. The van der Waals surface area contributed by atoms with Gasteiger partial charge in [-0.05, 0) is 43.7 Å². The molecule has 0 aromatic heterocycles. The van der Waals surface area contributed by atoms with Crippen LogP contribution in [0.4, 0.5) is 0 Å². The summed E-state index contributed by atoms with van der Waals surface area (Å²) in [6, 6.07) is 8.98. The van der Waals surface area contributed by atoms with E-state index in [2.05, 4.69) is 41.4 Å². The number of nitrogens with zero attached hydrogens (tertiary/aromatic N) is 1. The van der Waals surface area contributed by atoms with Crippen molar-refractivity contribution in [3.8, 4) is 0 Å². The highest BCUT2D eigenvalue weighted by molar-refractivity contribution is 5.80. The van der Waals surface area contributed by atoms with E-state index in [4.69, 9.17) is 4.74 Å². The highest BCUT2D eigenvalue weighted by atomic mass is 16.5. The number of benzene rings is 1. The van der Waals surface area contributed by atoms with E-state index in [1.807, 2.05) is 0 Å². The average Bonchev–Trinajstić information content (AvgIpc) is 2.80. The maximum Gasteiger partial charge on any atom is 0.226 e. The number of aryl methyl sites for hydroxylation is 1. The smallest absolute Gasteiger partial charge is 0.226 e.